The van der Waals surface area contributed by atoms with Crippen LogP contribution in [-0.2, 0) is 0 Å². The Hall–Kier alpha value is -3.48. The van der Waals surface area contributed by atoms with Gasteiger partial charge in [-0.1, -0.05) is 0 Å². The van der Waals surface area contributed by atoms with Gasteiger partial charge in [0.1, 0.15) is 5.58 Å². The average Bonchev–Trinajstić information content (AvgIpc) is 2.72. The predicted molar refractivity (Wildman–Crippen MR) is 110 cm³/mol. The van der Waals surface area contributed by atoms with E-state index >= 15 is 0 Å². The van der Waals surface area contributed by atoms with E-state index in [2.05, 4.69) is 34.3 Å². The van der Waals surface area contributed by atoms with Crippen LogP contribution in [0.5, 0.6) is 0 Å². The van der Waals surface area contributed by atoms with Crippen LogP contribution in [0.4, 0.5) is 5.69 Å². The van der Waals surface area contributed by atoms with Crippen molar-refractivity contribution in [2.24, 2.45) is 5.10 Å². The minimum atomic E-state index is -0.499. The van der Waals surface area contributed by atoms with Gasteiger partial charge >= 0.3 is 5.63 Å². The summed E-state index contributed by atoms with van der Waals surface area (Å²) in [7, 11) is 0. The zero-order chi connectivity index (χ0) is 20.1. The first-order chi connectivity index (χ1) is 13.5. The quantitative estimate of drug-likeness (QED) is 0.404. The predicted octanol–water partition coefficient (Wildman–Crippen LogP) is 3.19. The highest BCUT2D eigenvalue weighted by Crippen LogP contribution is 2.22. The highest BCUT2D eigenvalue weighted by atomic mass is 16.4. The van der Waals surface area contributed by atoms with E-state index in [1.807, 2.05) is 18.2 Å². The second-order valence-corrected chi connectivity index (χ2v) is 6.22. The van der Waals surface area contributed by atoms with Crippen LogP contribution in [-0.4, -0.2) is 29.7 Å². The van der Waals surface area contributed by atoms with Gasteiger partial charge in [0.05, 0.1) is 16.8 Å². The van der Waals surface area contributed by atoms with Crippen LogP contribution in [0.3, 0.4) is 0 Å². The minimum absolute atomic E-state index is 0.301. The van der Waals surface area contributed by atoms with E-state index in [1.165, 1.54) is 6.20 Å². The number of hydrogen-bond acceptors (Lipinski definition) is 6. The van der Waals surface area contributed by atoms with Gasteiger partial charge in [0, 0.05) is 42.6 Å². The molecule has 28 heavy (non-hydrogen) atoms. The number of amides is 1. The maximum absolute atomic E-state index is 12.4. The highest BCUT2D eigenvalue weighted by Gasteiger charge is 2.11. The molecule has 7 nitrogen and oxygen atoms in total. The molecule has 0 spiro atoms. The van der Waals surface area contributed by atoms with Gasteiger partial charge in [0.25, 0.3) is 5.91 Å². The first-order valence-corrected chi connectivity index (χ1v) is 9.11. The third-order valence-electron chi connectivity index (χ3n) is 4.49. The number of nitrogens with one attached hydrogen (secondary N) is 1. The third-order valence-corrected chi connectivity index (χ3v) is 4.49. The Labute approximate surface area is 162 Å². The highest BCUT2D eigenvalue weighted by molar-refractivity contribution is 6.02. The summed E-state index contributed by atoms with van der Waals surface area (Å²) in [5.74, 6) is -0.401. The number of rotatable bonds is 6. The molecular formula is C21H22N4O3. The van der Waals surface area contributed by atoms with Crippen LogP contribution >= 0.6 is 0 Å². The molecule has 2 heterocycles. The van der Waals surface area contributed by atoms with Gasteiger partial charge < -0.3 is 9.32 Å². The SMILES string of the molecule is CCN(CC)c1ccc2cc(/C(C)=N\NC(=O)c3cccnc3)c(=O)oc2c1. The van der Waals surface area contributed by atoms with Crippen molar-refractivity contribution in [3.63, 3.8) is 0 Å². The summed E-state index contributed by atoms with van der Waals surface area (Å²) in [6.07, 6.45) is 3.02. The first kappa shape index (κ1) is 19.3. The second kappa shape index (κ2) is 8.47. The fraction of sp³-hybridized carbons (Fsp3) is 0.238. The van der Waals surface area contributed by atoms with Crippen LogP contribution < -0.4 is 16.0 Å². The van der Waals surface area contributed by atoms with Crippen LogP contribution in [0.1, 0.15) is 36.7 Å². The Morgan fingerprint density at radius 1 is 1.21 bits per heavy atom. The molecule has 1 N–H and O–H groups in total. The minimum Gasteiger partial charge on any atom is -0.422 e. The summed E-state index contributed by atoms with van der Waals surface area (Å²) >= 11 is 0. The van der Waals surface area contributed by atoms with Crippen LogP contribution in [0.25, 0.3) is 11.0 Å². The van der Waals surface area contributed by atoms with Crippen molar-refractivity contribution in [1.82, 2.24) is 10.4 Å². The van der Waals surface area contributed by atoms with Crippen molar-refractivity contribution in [2.75, 3.05) is 18.0 Å². The number of carbonyl (C=O) groups is 1. The Balaban J connectivity index is 1.88. The summed E-state index contributed by atoms with van der Waals surface area (Å²) in [6, 6.07) is 10.8. The van der Waals surface area contributed by atoms with E-state index in [0.717, 1.165) is 24.2 Å². The van der Waals surface area contributed by atoms with Gasteiger partial charge in [-0.25, -0.2) is 10.2 Å². The number of fused-ring (bicyclic) bond motifs is 1. The molecule has 1 amide bonds. The van der Waals surface area contributed by atoms with Crippen molar-refractivity contribution in [1.29, 1.82) is 0 Å². The molecule has 0 saturated heterocycles. The summed E-state index contributed by atoms with van der Waals surface area (Å²) < 4.78 is 5.50. The van der Waals surface area contributed by atoms with Gasteiger partial charge in [0.15, 0.2) is 0 Å². The Bertz CT molecular complexity index is 1070. The van der Waals surface area contributed by atoms with E-state index < -0.39 is 11.5 Å². The number of nitrogens with zero attached hydrogens (tertiary/aromatic N) is 3. The number of hydrazone groups is 1. The van der Waals surface area contributed by atoms with Crippen molar-refractivity contribution >= 4 is 28.3 Å². The third kappa shape index (κ3) is 4.09. The molecule has 144 valence electrons. The molecule has 3 rings (SSSR count). The van der Waals surface area contributed by atoms with E-state index in [1.54, 1.807) is 31.3 Å². The zero-order valence-corrected chi connectivity index (χ0v) is 16.1. The molecule has 7 heteroatoms. The zero-order valence-electron chi connectivity index (χ0n) is 16.1. The largest absolute Gasteiger partial charge is 0.422 e. The van der Waals surface area contributed by atoms with Gasteiger partial charge in [0.2, 0.25) is 0 Å². The molecule has 0 radical (unpaired) electrons. The molecule has 0 atom stereocenters. The lowest BCUT2D eigenvalue weighted by atomic mass is 10.1. The molecular weight excluding hydrogens is 356 g/mol. The molecule has 0 bridgehead atoms. The van der Waals surface area contributed by atoms with Crippen LogP contribution in [0, 0.1) is 0 Å². The molecule has 0 unspecified atom stereocenters. The summed E-state index contributed by atoms with van der Waals surface area (Å²) in [6.45, 7) is 7.53. The van der Waals surface area contributed by atoms with Gasteiger partial charge in [-0.3, -0.25) is 9.78 Å². The molecule has 0 aliphatic rings. The molecule has 2 aromatic heterocycles. The molecule has 0 aliphatic carbocycles. The Morgan fingerprint density at radius 3 is 2.68 bits per heavy atom. The number of benzene rings is 1. The number of aromatic nitrogens is 1. The van der Waals surface area contributed by atoms with Crippen molar-refractivity contribution in [3.8, 4) is 0 Å². The smallest absolute Gasteiger partial charge is 0.345 e. The van der Waals surface area contributed by atoms with Crippen LogP contribution in [0.15, 0.2) is 63.1 Å². The van der Waals surface area contributed by atoms with Gasteiger partial charge in [-0.2, -0.15) is 5.10 Å². The molecule has 0 saturated carbocycles. The normalized spacial score (nSPS) is 11.5. The first-order valence-electron chi connectivity index (χ1n) is 9.11. The van der Waals surface area contributed by atoms with E-state index in [0.29, 0.717) is 22.4 Å². The monoisotopic (exact) mass is 378 g/mol. The fourth-order valence-electron chi connectivity index (χ4n) is 2.89. The van der Waals surface area contributed by atoms with Crippen molar-refractivity contribution in [3.05, 3.63) is 70.3 Å². The number of anilines is 1. The van der Waals surface area contributed by atoms with E-state index in [9.17, 15) is 9.59 Å². The average molecular weight is 378 g/mol. The Morgan fingerprint density at radius 2 is 2.00 bits per heavy atom. The van der Waals surface area contributed by atoms with Gasteiger partial charge in [-0.15, -0.1) is 0 Å². The second-order valence-electron chi connectivity index (χ2n) is 6.22. The van der Waals surface area contributed by atoms with Crippen molar-refractivity contribution < 1.29 is 9.21 Å². The molecule has 3 aromatic rings. The lowest BCUT2D eigenvalue weighted by Crippen LogP contribution is -2.22. The van der Waals surface area contributed by atoms with Crippen molar-refractivity contribution in [2.45, 2.75) is 20.8 Å². The lowest BCUT2D eigenvalue weighted by Gasteiger charge is -2.21. The number of pyridine rings is 1. The molecule has 1 aromatic carbocycles. The number of hydrogen-bond donors (Lipinski definition) is 1. The molecule has 0 aliphatic heterocycles. The van der Waals surface area contributed by atoms with Crippen LogP contribution in [0.2, 0.25) is 0 Å². The Kier molecular flexibility index (Phi) is 5.84. The summed E-state index contributed by atoms with van der Waals surface area (Å²) in [4.78, 5) is 30.6. The molecule has 0 fully saturated rings. The maximum Gasteiger partial charge on any atom is 0.345 e. The summed E-state index contributed by atoms with van der Waals surface area (Å²) in [5, 5.41) is 4.82. The van der Waals surface area contributed by atoms with E-state index in [-0.39, 0.29) is 0 Å². The maximum atomic E-state index is 12.4. The standard InChI is InChI=1S/C21H22N4O3/c1-4-25(5-2)17-9-8-15-11-18(21(27)28-19(15)12-17)14(3)23-24-20(26)16-7-6-10-22-13-16/h6-13H,4-5H2,1-3H3,(H,24,26)/b23-14-. The lowest BCUT2D eigenvalue weighted by molar-refractivity contribution is 0.0954. The summed E-state index contributed by atoms with van der Waals surface area (Å²) in [5.41, 5.74) is 4.50. The number of carbonyl (C=O) groups excluding carboxylic acids is 1. The van der Waals surface area contributed by atoms with E-state index in [4.69, 9.17) is 4.42 Å². The van der Waals surface area contributed by atoms with Gasteiger partial charge in [-0.05, 0) is 51.1 Å². The fourth-order valence-corrected chi connectivity index (χ4v) is 2.89. The topological polar surface area (TPSA) is 87.8 Å².